The molecule has 1 atom stereocenters. The van der Waals surface area contributed by atoms with Gasteiger partial charge in [0.1, 0.15) is 29.5 Å². The SMILES string of the molecule is C=Cc1ccc(COc2cc(O)c3c(c2)C=CCCCC(=O)CCCC(C)OC3=O)cc1. The zero-order chi connectivity index (χ0) is 22.9. The third kappa shape index (κ3) is 6.58. The summed E-state index contributed by atoms with van der Waals surface area (Å²) in [5.41, 5.74) is 2.66. The smallest absolute Gasteiger partial charge is 0.342 e. The van der Waals surface area contributed by atoms with Crippen LogP contribution in [0.3, 0.4) is 0 Å². The normalized spacial score (nSPS) is 17.7. The summed E-state index contributed by atoms with van der Waals surface area (Å²) in [6.07, 6.45) is 8.93. The number of phenolic OH excluding ortho intramolecular Hbond substituents is 1. The summed E-state index contributed by atoms with van der Waals surface area (Å²) in [5.74, 6) is -0.0621. The van der Waals surface area contributed by atoms with Crippen molar-refractivity contribution in [3.63, 3.8) is 0 Å². The van der Waals surface area contributed by atoms with Gasteiger partial charge in [0.2, 0.25) is 0 Å². The molecule has 0 aliphatic carbocycles. The fourth-order valence-electron chi connectivity index (χ4n) is 3.62. The molecule has 0 saturated carbocycles. The number of hydrogen-bond donors (Lipinski definition) is 1. The number of Topliss-reactive ketones (excluding diaryl/α,β-unsaturated/α-hetero) is 1. The van der Waals surface area contributed by atoms with Crippen LogP contribution < -0.4 is 4.74 Å². The van der Waals surface area contributed by atoms with Crippen LogP contribution in [0.5, 0.6) is 11.5 Å². The predicted octanol–water partition coefficient (Wildman–Crippen LogP) is 6.10. The van der Waals surface area contributed by atoms with E-state index < -0.39 is 5.97 Å². The monoisotopic (exact) mass is 434 g/mol. The molecular weight excluding hydrogens is 404 g/mol. The number of fused-ring (bicyclic) bond motifs is 1. The van der Waals surface area contributed by atoms with Crippen molar-refractivity contribution in [1.29, 1.82) is 0 Å². The molecule has 3 rings (SSSR count). The maximum Gasteiger partial charge on any atom is 0.342 e. The third-order valence-corrected chi connectivity index (χ3v) is 5.44. The van der Waals surface area contributed by atoms with E-state index in [2.05, 4.69) is 6.58 Å². The Morgan fingerprint density at radius 2 is 1.91 bits per heavy atom. The van der Waals surface area contributed by atoms with Crippen molar-refractivity contribution in [3.05, 3.63) is 71.3 Å². The standard InChI is InChI=1S/C27H30O5/c1-3-20-12-14-21(15-13-20)18-31-24-16-22-9-5-4-6-10-23(28)11-7-8-19(2)32-27(30)26(22)25(29)17-24/h3,5,9,12-17,19,29H,1,4,6-8,10-11,18H2,2H3. The molecule has 0 aromatic heterocycles. The molecule has 1 aliphatic heterocycles. The summed E-state index contributed by atoms with van der Waals surface area (Å²) in [6, 6.07) is 11.0. The van der Waals surface area contributed by atoms with E-state index in [1.807, 2.05) is 30.3 Å². The van der Waals surface area contributed by atoms with Crippen molar-refractivity contribution < 1.29 is 24.2 Å². The molecule has 2 aromatic carbocycles. The first-order valence-electron chi connectivity index (χ1n) is 11.1. The molecule has 1 unspecified atom stereocenters. The van der Waals surface area contributed by atoms with Gasteiger partial charge in [0.25, 0.3) is 0 Å². The van der Waals surface area contributed by atoms with Gasteiger partial charge in [-0.1, -0.05) is 49.1 Å². The molecule has 5 nitrogen and oxygen atoms in total. The quantitative estimate of drug-likeness (QED) is 0.589. The van der Waals surface area contributed by atoms with Gasteiger partial charge >= 0.3 is 5.97 Å². The number of carbonyl (C=O) groups excluding carboxylic acids is 2. The highest BCUT2D eigenvalue weighted by Gasteiger charge is 2.21. The Hall–Kier alpha value is -3.34. The molecule has 5 heteroatoms. The fraction of sp³-hybridized carbons (Fsp3) is 0.333. The Morgan fingerprint density at radius 3 is 2.66 bits per heavy atom. The van der Waals surface area contributed by atoms with Crippen molar-refractivity contribution in [3.8, 4) is 11.5 Å². The van der Waals surface area contributed by atoms with Crippen molar-refractivity contribution in [2.45, 2.75) is 58.2 Å². The average Bonchev–Trinajstić information content (AvgIpc) is 2.77. The van der Waals surface area contributed by atoms with E-state index in [-0.39, 0.29) is 23.2 Å². The Labute approximate surface area is 189 Å². The first-order valence-corrected chi connectivity index (χ1v) is 11.1. The molecule has 2 aromatic rings. The highest BCUT2D eigenvalue weighted by atomic mass is 16.5. The Morgan fingerprint density at radius 1 is 1.16 bits per heavy atom. The molecule has 32 heavy (non-hydrogen) atoms. The molecule has 0 amide bonds. The Bertz CT molecular complexity index is 988. The van der Waals surface area contributed by atoms with Crippen molar-refractivity contribution in [2.24, 2.45) is 0 Å². The van der Waals surface area contributed by atoms with E-state index in [9.17, 15) is 14.7 Å². The van der Waals surface area contributed by atoms with Crippen LogP contribution in [0.2, 0.25) is 0 Å². The molecule has 1 N–H and O–H groups in total. The second-order valence-corrected chi connectivity index (χ2v) is 8.08. The molecule has 0 radical (unpaired) electrons. The number of esters is 1. The molecule has 1 heterocycles. The Kier molecular flexibility index (Phi) is 8.26. The maximum absolute atomic E-state index is 12.8. The van der Waals surface area contributed by atoms with Gasteiger partial charge in [0.05, 0.1) is 6.10 Å². The van der Waals surface area contributed by atoms with E-state index in [0.29, 0.717) is 50.0 Å². The minimum absolute atomic E-state index is 0.129. The van der Waals surface area contributed by atoms with Gasteiger partial charge in [-0.3, -0.25) is 4.79 Å². The number of ketones is 1. The largest absolute Gasteiger partial charge is 0.507 e. The van der Waals surface area contributed by atoms with Gasteiger partial charge in [-0.15, -0.1) is 0 Å². The number of benzene rings is 2. The van der Waals surface area contributed by atoms with E-state index in [0.717, 1.165) is 17.5 Å². The summed E-state index contributed by atoms with van der Waals surface area (Å²) in [5, 5.41) is 10.6. The number of carbonyl (C=O) groups is 2. The van der Waals surface area contributed by atoms with Crippen LogP contribution in [-0.2, 0) is 16.1 Å². The van der Waals surface area contributed by atoms with Crippen LogP contribution in [0.15, 0.2) is 49.1 Å². The third-order valence-electron chi connectivity index (χ3n) is 5.44. The minimum Gasteiger partial charge on any atom is -0.507 e. The minimum atomic E-state index is -0.579. The number of cyclic esters (lactones) is 1. The molecule has 0 spiro atoms. The number of rotatable bonds is 4. The molecule has 1 aliphatic rings. The first kappa shape index (κ1) is 23.3. The van der Waals surface area contributed by atoms with Crippen LogP contribution in [0.4, 0.5) is 0 Å². The first-order chi connectivity index (χ1) is 15.5. The average molecular weight is 435 g/mol. The van der Waals surface area contributed by atoms with Gasteiger partial charge in [-0.25, -0.2) is 4.79 Å². The van der Waals surface area contributed by atoms with Crippen LogP contribution >= 0.6 is 0 Å². The van der Waals surface area contributed by atoms with E-state index in [4.69, 9.17) is 9.47 Å². The van der Waals surface area contributed by atoms with Crippen LogP contribution in [0.1, 0.15) is 72.5 Å². The number of phenols is 1. The predicted molar refractivity (Wildman–Crippen MR) is 126 cm³/mol. The van der Waals surface area contributed by atoms with E-state index in [1.165, 1.54) is 6.07 Å². The summed E-state index contributed by atoms with van der Waals surface area (Å²) >= 11 is 0. The summed E-state index contributed by atoms with van der Waals surface area (Å²) < 4.78 is 11.4. The molecule has 0 bridgehead atoms. The zero-order valence-corrected chi connectivity index (χ0v) is 18.5. The Balaban J connectivity index is 1.83. The van der Waals surface area contributed by atoms with Gasteiger partial charge < -0.3 is 14.6 Å². The summed E-state index contributed by atoms with van der Waals surface area (Å²) in [7, 11) is 0. The maximum atomic E-state index is 12.8. The number of ether oxygens (including phenoxy) is 2. The van der Waals surface area contributed by atoms with Crippen molar-refractivity contribution in [1.82, 2.24) is 0 Å². The van der Waals surface area contributed by atoms with Gasteiger partial charge in [-0.05, 0) is 55.4 Å². The fourth-order valence-corrected chi connectivity index (χ4v) is 3.62. The topological polar surface area (TPSA) is 72.8 Å². The van der Waals surface area contributed by atoms with E-state index >= 15 is 0 Å². The van der Waals surface area contributed by atoms with Gasteiger partial charge in [-0.2, -0.15) is 0 Å². The van der Waals surface area contributed by atoms with Crippen molar-refractivity contribution in [2.75, 3.05) is 0 Å². The number of aromatic hydroxyl groups is 1. The van der Waals surface area contributed by atoms with Gasteiger partial charge in [0, 0.05) is 18.9 Å². The highest BCUT2D eigenvalue weighted by molar-refractivity contribution is 5.97. The lowest BCUT2D eigenvalue weighted by atomic mass is 10.0. The molecule has 0 saturated heterocycles. The number of allylic oxidation sites excluding steroid dienone is 1. The number of hydrogen-bond acceptors (Lipinski definition) is 5. The van der Waals surface area contributed by atoms with Crippen LogP contribution in [0, 0.1) is 0 Å². The molecular formula is C27H30O5. The highest BCUT2D eigenvalue weighted by Crippen LogP contribution is 2.31. The summed E-state index contributed by atoms with van der Waals surface area (Å²) in [6.45, 7) is 5.87. The van der Waals surface area contributed by atoms with Crippen molar-refractivity contribution >= 4 is 23.9 Å². The lowest BCUT2D eigenvalue weighted by Gasteiger charge is -2.16. The van der Waals surface area contributed by atoms with E-state index in [1.54, 1.807) is 25.1 Å². The zero-order valence-electron chi connectivity index (χ0n) is 18.5. The molecule has 0 fully saturated rings. The lowest BCUT2D eigenvalue weighted by Crippen LogP contribution is -2.17. The summed E-state index contributed by atoms with van der Waals surface area (Å²) in [4.78, 5) is 24.7. The second-order valence-electron chi connectivity index (χ2n) is 8.08. The van der Waals surface area contributed by atoms with Crippen LogP contribution in [-0.4, -0.2) is 23.0 Å². The van der Waals surface area contributed by atoms with Gasteiger partial charge in [0.15, 0.2) is 0 Å². The molecule has 168 valence electrons. The lowest BCUT2D eigenvalue weighted by molar-refractivity contribution is -0.119. The van der Waals surface area contributed by atoms with Crippen LogP contribution in [0.25, 0.3) is 12.2 Å². The second kappa shape index (κ2) is 11.3.